The SMILES string of the molecule is CC(C)S(=O)(=O)N[C@H]1CC[C@H](CNc2ccc3c(c2)oc(=O)n3C)CC1. The van der Waals surface area contributed by atoms with Crippen molar-refractivity contribution in [3.8, 4) is 0 Å². The highest BCUT2D eigenvalue weighted by atomic mass is 32.2. The molecule has 2 N–H and O–H groups in total. The van der Waals surface area contributed by atoms with Gasteiger partial charge in [-0.15, -0.1) is 0 Å². The van der Waals surface area contributed by atoms with Crippen molar-refractivity contribution in [3.63, 3.8) is 0 Å². The number of nitrogens with one attached hydrogen (secondary N) is 2. The van der Waals surface area contributed by atoms with Gasteiger partial charge in [0.05, 0.1) is 10.8 Å². The summed E-state index contributed by atoms with van der Waals surface area (Å²) in [7, 11) is -1.51. The first-order valence-electron chi connectivity index (χ1n) is 9.11. The smallest absolute Gasteiger partial charge is 0.408 e. The van der Waals surface area contributed by atoms with Crippen LogP contribution in [0.15, 0.2) is 27.4 Å². The number of fused-ring (bicyclic) bond motifs is 1. The monoisotopic (exact) mass is 381 g/mol. The fourth-order valence-electron chi connectivity index (χ4n) is 3.36. The summed E-state index contributed by atoms with van der Waals surface area (Å²) in [5, 5.41) is 3.01. The lowest BCUT2D eigenvalue weighted by atomic mass is 9.86. The van der Waals surface area contributed by atoms with Gasteiger partial charge in [-0.1, -0.05) is 0 Å². The van der Waals surface area contributed by atoms with Crippen molar-refractivity contribution in [1.82, 2.24) is 9.29 Å². The van der Waals surface area contributed by atoms with Crippen molar-refractivity contribution in [3.05, 3.63) is 28.7 Å². The number of sulfonamides is 1. The maximum absolute atomic E-state index is 12.0. The molecule has 0 atom stereocenters. The predicted octanol–water partition coefficient (Wildman–Crippen LogP) is 2.43. The van der Waals surface area contributed by atoms with E-state index in [1.807, 2.05) is 18.2 Å². The maximum Gasteiger partial charge on any atom is 0.419 e. The largest absolute Gasteiger partial charge is 0.419 e. The number of anilines is 1. The Balaban J connectivity index is 1.52. The Morgan fingerprint density at radius 2 is 1.92 bits per heavy atom. The lowest BCUT2D eigenvalue weighted by Gasteiger charge is -2.29. The highest BCUT2D eigenvalue weighted by Crippen LogP contribution is 2.26. The van der Waals surface area contributed by atoms with E-state index in [0.29, 0.717) is 11.5 Å². The Bertz CT molecular complexity index is 922. The minimum absolute atomic E-state index is 0.0496. The number of hydrogen-bond acceptors (Lipinski definition) is 5. The van der Waals surface area contributed by atoms with Crippen molar-refractivity contribution in [2.75, 3.05) is 11.9 Å². The van der Waals surface area contributed by atoms with Gasteiger partial charge in [-0.25, -0.2) is 17.9 Å². The van der Waals surface area contributed by atoms with Crippen LogP contribution in [0.5, 0.6) is 0 Å². The first-order chi connectivity index (χ1) is 12.3. The van der Waals surface area contributed by atoms with E-state index in [-0.39, 0.29) is 11.8 Å². The molecule has 1 fully saturated rings. The lowest BCUT2D eigenvalue weighted by Crippen LogP contribution is -2.41. The van der Waals surface area contributed by atoms with Gasteiger partial charge in [0, 0.05) is 31.4 Å². The van der Waals surface area contributed by atoms with Crippen molar-refractivity contribution >= 4 is 26.8 Å². The van der Waals surface area contributed by atoms with Crippen LogP contribution in [0.1, 0.15) is 39.5 Å². The minimum atomic E-state index is -3.20. The first kappa shape index (κ1) is 19.0. The number of aromatic nitrogens is 1. The molecule has 1 heterocycles. The molecular weight excluding hydrogens is 354 g/mol. The molecule has 1 aliphatic rings. The summed E-state index contributed by atoms with van der Waals surface area (Å²) < 4.78 is 33.5. The van der Waals surface area contributed by atoms with Crippen LogP contribution in [0, 0.1) is 5.92 Å². The fourth-order valence-corrected chi connectivity index (χ4v) is 4.33. The molecule has 144 valence electrons. The Labute approximate surface area is 153 Å². The zero-order valence-electron chi connectivity index (χ0n) is 15.5. The van der Waals surface area contributed by atoms with Crippen LogP contribution in [0.4, 0.5) is 5.69 Å². The molecule has 26 heavy (non-hydrogen) atoms. The van der Waals surface area contributed by atoms with Gasteiger partial charge in [-0.3, -0.25) is 4.57 Å². The van der Waals surface area contributed by atoms with E-state index in [9.17, 15) is 13.2 Å². The van der Waals surface area contributed by atoms with Gasteiger partial charge in [0.25, 0.3) is 0 Å². The molecule has 1 aromatic carbocycles. The molecule has 0 bridgehead atoms. The highest BCUT2D eigenvalue weighted by molar-refractivity contribution is 7.90. The van der Waals surface area contributed by atoms with E-state index in [0.717, 1.165) is 43.4 Å². The second-order valence-corrected chi connectivity index (χ2v) is 9.69. The normalized spacial score (nSPS) is 21.4. The molecule has 0 saturated heterocycles. The Hall–Kier alpha value is -1.80. The average molecular weight is 381 g/mol. The second-order valence-electron chi connectivity index (χ2n) is 7.42. The maximum atomic E-state index is 12.0. The van der Waals surface area contributed by atoms with Gasteiger partial charge in [-0.05, 0) is 57.6 Å². The number of hydrogen-bond donors (Lipinski definition) is 2. The number of oxazole rings is 1. The zero-order chi connectivity index (χ0) is 18.9. The fraction of sp³-hybridized carbons (Fsp3) is 0.611. The molecule has 7 nitrogen and oxygen atoms in total. The predicted molar refractivity (Wildman–Crippen MR) is 103 cm³/mol. The van der Waals surface area contributed by atoms with Gasteiger partial charge >= 0.3 is 5.76 Å². The van der Waals surface area contributed by atoms with Crippen LogP contribution >= 0.6 is 0 Å². The van der Waals surface area contributed by atoms with Crippen LogP contribution in [0.2, 0.25) is 0 Å². The summed E-state index contributed by atoms with van der Waals surface area (Å²) in [6.45, 7) is 4.22. The van der Waals surface area contributed by atoms with Crippen molar-refractivity contribution in [2.45, 2.75) is 50.8 Å². The van der Waals surface area contributed by atoms with Gasteiger partial charge in [0.1, 0.15) is 0 Å². The Morgan fingerprint density at radius 3 is 2.58 bits per heavy atom. The minimum Gasteiger partial charge on any atom is -0.408 e. The Morgan fingerprint density at radius 1 is 1.23 bits per heavy atom. The zero-order valence-corrected chi connectivity index (χ0v) is 16.3. The molecule has 0 radical (unpaired) electrons. The first-order valence-corrected chi connectivity index (χ1v) is 10.7. The summed E-state index contributed by atoms with van der Waals surface area (Å²) in [6.07, 6.45) is 3.71. The molecular formula is C18H27N3O4S. The van der Waals surface area contributed by atoms with Crippen LogP contribution in [0.3, 0.4) is 0 Å². The van der Waals surface area contributed by atoms with E-state index in [4.69, 9.17) is 4.42 Å². The average Bonchev–Trinajstić information content (AvgIpc) is 2.88. The van der Waals surface area contributed by atoms with Crippen LogP contribution in [-0.2, 0) is 17.1 Å². The van der Waals surface area contributed by atoms with Gasteiger partial charge in [0.15, 0.2) is 5.58 Å². The topological polar surface area (TPSA) is 93.3 Å². The molecule has 0 spiro atoms. The van der Waals surface area contributed by atoms with E-state index < -0.39 is 15.3 Å². The molecule has 3 rings (SSSR count). The van der Waals surface area contributed by atoms with Crippen molar-refractivity contribution < 1.29 is 12.8 Å². The summed E-state index contributed by atoms with van der Waals surface area (Å²) in [5.41, 5.74) is 2.28. The lowest BCUT2D eigenvalue weighted by molar-refractivity contribution is 0.323. The Kier molecular flexibility index (Phi) is 5.43. The van der Waals surface area contributed by atoms with E-state index in [1.54, 1.807) is 20.9 Å². The third-order valence-electron chi connectivity index (χ3n) is 5.19. The second kappa shape index (κ2) is 7.44. The summed E-state index contributed by atoms with van der Waals surface area (Å²) in [6, 6.07) is 5.72. The molecule has 0 unspecified atom stereocenters. The van der Waals surface area contributed by atoms with E-state index in [1.165, 1.54) is 4.57 Å². The van der Waals surface area contributed by atoms with Crippen LogP contribution in [0.25, 0.3) is 11.1 Å². The van der Waals surface area contributed by atoms with E-state index in [2.05, 4.69) is 10.0 Å². The summed E-state index contributed by atoms with van der Waals surface area (Å²) in [5.74, 6) is 0.146. The molecule has 1 aliphatic carbocycles. The number of benzene rings is 1. The number of aryl methyl sites for hydroxylation is 1. The molecule has 1 aromatic heterocycles. The van der Waals surface area contributed by atoms with Gasteiger partial charge < -0.3 is 9.73 Å². The third kappa shape index (κ3) is 4.12. The molecule has 0 aliphatic heterocycles. The van der Waals surface area contributed by atoms with Crippen molar-refractivity contribution in [2.24, 2.45) is 13.0 Å². The van der Waals surface area contributed by atoms with Gasteiger partial charge in [0.2, 0.25) is 10.0 Å². The van der Waals surface area contributed by atoms with Crippen LogP contribution < -0.4 is 15.8 Å². The summed E-state index contributed by atoms with van der Waals surface area (Å²) >= 11 is 0. The van der Waals surface area contributed by atoms with E-state index >= 15 is 0 Å². The standard InChI is InChI=1S/C18H27N3O4S/c1-12(2)26(23,24)20-14-6-4-13(5-7-14)11-19-15-8-9-16-17(10-15)25-18(22)21(16)3/h8-10,12-14,19-20H,4-7,11H2,1-3H3/t13-,14-. The molecule has 2 aromatic rings. The van der Waals surface area contributed by atoms with Gasteiger partial charge in [-0.2, -0.15) is 0 Å². The van der Waals surface area contributed by atoms with Crippen molar-refractivity contribution in [1.29, 1.82) is 0 Å². The highest BCUT2D eigenvalue weighted by Gasteiger charge is 2.26. The summed E-state index contributed by atoms with van der Waals surface area (Å²) in [4.78, 5) is 11.6. The third-order valence-corrected chi connectivity index (χ3v) is 7.09. The van der Waals surface area contributed by atoms with Crippen LogP contribution in [-0.4, -0.2) is 30.8 Å². The molecule has 0 amide bonds. The number of nitrogens with zero attached hydrogens (tertiary/aromatic N) is 1. The quantitative estimate of drug-likeness (QED) is 0.802. The number of rotatable bonds is 6. The molecule has 1 saturated carbocycles. The molecule has 8 heteroatoms.